The van der Waals surface area contributed by atoms with E-state index in [0.717, 1.165) is 44.7 Å². The van der Waals surface area contributed by atoms with Crippen LogP contribution in [0, 0.1) is 16.7 Å². The van der Waals surface area contributed by atoms with Crippen LogP contribution < -0.4 is 10.7 Å². The number of hydrazine groups is 1. The highest BCUT2D eigenvalue weighted by Crippen LogP contribution is 2.44. The summed E-state index contributed by atoms with van der Waals surface area (Å²) in [6.45, 7) is 18.0. The number of thiazole rings is 1. The molecule has 1 spiro atoms. The van der Waals surface area contributed by atoms with Crippen LogP contribution in [0.15, 0.2) is 54.6 Å². The summed E-state index contributed by atoms with van der Waals surface area (Å²) in [6.07, 6.45) is 5.52. The number of methoxy groups -OCH3 is 1. The standard InChI is InChI=1S/C49H62N8O7S/c1-9-40(58)54-21-17-49(27-54)18-22-56(47(49)62)42(29(3)4)44(59)52-36-24-39-51-37(26-65-39)31-15-16-38-33(23-31)34(43(55(38)10-2)32-13-11-19-50-41(32)30(5)63-8)25-48(6,7)28-64-46(61)35-14-12-20-57(53-35)45(36)60/h9,11,13,15-16,19,23,26,29-30,35-36,42,53H,1,10,12,14,17-18,20-22,24-25,27-28H2,2-8H3,(H,52,59)/t30-,35-,36-,42-,49-/m0/s1. The second-order valence-electron chi connectivity index (χ2n) is 19.2. The van der Waals surface area contributed by atoms with Gasteiger partial charge in [-0.15, -0.1) is 11.3 Å². The second kappa shape index (κ2) is 18.4. The molecule has 4 aromatic rings. The Bertz CT molecular complexity index is 2510. The van der Waals surface area contributed by atoms with Gasteiger partial charge in [0.05, 0.1) is 40.2 Å². The first-order valence-electron chi connectivity index (χ1n) is 22.9. The van der Waals surface area contributed by atoms with Crippen LogP contribution in [0.25, 0.3) is 33.4 Å². The van der Waals surface area contributed by atoms with Gasteiger partial charge in [-0.2, -0.15) is 0 Å². The maximum Gasteiger partial charge on any atom is 0.324 e. The number of likely N-dealkylation sites (tertiary alicyclic amines) is 2. The molecule has 8 rings (SSSR count). The molecule has 2 N–H and O–H groups in total. The van der Waals surface area contributed by atoms with Gasteiger partial charge in [-0.3, -0.25) is 34.0 Å². The molecule has 16 heteroatoms. The van der Waals surface area contributed by atoms with Crippen molar-refractivity contribution in [1.82, 2.24) is 40.1 Å². The molecule has 5 atom stereocenters. The number of esters is 1. The van der Waals surface area contributed by atoms with E-state index in [-0.39, 0.29) is 43.4 Å². The third-order valence-electron chi connectivity index (χ3n) is 13.8. The molecule has 4 aliphatic rings. The number of hydrogen-bond acceptors (Lipinski definition) is 11. The summed E-state index contributed by atoms with van der Waals surface area (Å²) in [5.41, 5.74) is 8.54. The Morgan fingerprint density at radius 3 is 2.65 bits per heavy atom. The maximum atomic E-state index is 14.7. The van der Waals surface area contributed by atoms with Crippen molar-refractivity contribution in [2.75, 3.05) is 39.9 Å². The average molecular weight is 907 g/mol. The molecule has 4 aliphatic heterocycles. The number of rotatable bonds is 9. The predicted molar refractivity (Wildman–Crippen MR) is 248 cm³/mol. The molecule has 4 amide bonds. The van der Waals surface area contributed by atoms with Gasteiger partial charge in [0.15, 0.2) is 0 Å². The molecule has 65 heavy (non-hydrogen) atoms. The summed E-state index contributed by atoms with van der Waals surface area (Å²) in [5.74, 6) is -1.96. The first-order valence-corrected chi connectivity index (χ1v) is 23.8. The van der Waals surface area contributed by atoms with Crippen molar-refractivity contribution in [3.63, 3.8) is 0 Å². The minimum absolute atomic E-state index is 0.0867. The molecule has 6 bridgehead atoms. The van der Waals surface area contributed by atoms with E-state index in [1.165, 1.54) is 22.4 Å². The molecule has 3 saturated heterocycles. The summed E-state index contributed by atoms with van der Waals surface area (Å²) in [7, 11) is 1.69. The van der Waals surface area contributed by atoms with Crippen molar-refractivity contribution in [3.8, 4) is 22.5 Å². The lowest BCUT2D eigenvalue weighted by Crippen LogP contribution is -2.62. The maximum absolute atomic E-state index is 14.7. The van der Waals surface area contributed by atoms with Crippen LogP contribution in [0.2, 0.25) is 0 Å². The zero-order valence-electron chi connectivity index (χ0n) is 38.6. The zero-order chi connectivity index (χ0) is 46.4. The van der Waals surface area contributed by atoms with E-state index in [4.69, 9.17) is 19.4 Å². The van der Waals surface area contributed by atoms with Crippen LogP contribution in [0.3, 0.4) is 0 Å². The number of nitrogens with zero attached hydrogens (tertiary/aromatic N) is 6. The number of benzene rings is 1. The van der Waals surface area contributed by atoms with E-state index in [1.54, 1.807) is 23.1 Å². The molecule has 3 aromatic heterocycles. The van der Waals surface area contributed by atoms with Crippen LogP contribution in [-0.2, 0) is 52.8 Å². The molecule has 7 heterocycles. The lowest BCUT2D eigenvalue weighted by Gasteiger charge is -2.36. The van der Waals surface area contributed by atoms with E-state index in [9.17, 15) is 24.0 Å². The number of fused-ring (bicyclic) bond motifs is 6. The Morgan fingerprint density at radius 2 is 1.91 bits per heavy atom. The Balaban J connectivity index is 1.17. The highest BCUT2D eigenvalue weighted by molar-refractivity contribution is 7.10. The normalized spacial score (nSPS) is 23.5. The average Bonchev–Trinajstić information content (AvgIpc) is 4.10. The molecular weight excluding hydrogens is 845 g/mol. The monoisotopic (exact) mass is 906 g/mol. The molecule has 0 radical (unpaired) electrons. The third-order valence-corrected chi connectivity index (χ3v) is 14.6. The van der Waals surface area contributed by atoms with E-state index in [2.05, 4.69) is 66.9 Å². The van der Waals surface area contributed by atoms with Gasteiger partial charge in [0, 0.05) is 85.3 Å². The van der Waals surface area contributed by atoms with E-state index < -0.39 is 46.7 Å². The summed E-state index contributed by atoms with van der Waals surface area (Å²) in [6, 6.07) is 7.71. The molecule has 0 aliphatic carbocycles. The van der Waals surface area contributed by atoms with Gasteiger partial charge in [-0.25, -0.2) is 10.4 Å². The van der Waals surface area contributed by atoms with Gasteiger partial charge in [0.2, 0.25) is 17.7 Å². The number of aromatic nitrogens is 3. The highest BCUT2D eigenvalue weighted by Gasteiger charge is 2.54. The Labute approximate surface area is 384 Å². The third kappa shape index (κ3) is 8.84. The molecule has 346 valence electrons. The Hall–Kier alpha value is -5.45. The Kier molecular flexibility index (Phi) is 13.1. The van der Waals surface area contributed by atoms with Crippen molar-refractivity contribution in [2.24, 2.45) is 16.7 Å². The lowest BCUT2D eigenvalue weighted by molar-refractivity contribution is -0.155. The van der Waals surface area contributed by atoms with Gasteiger partial charge < -0.3 is 29.2 Å². The molecule has 15 nitrogen and oxygen atoms in total. The van der Waals surface area contributed by atoms with Crippen molar-refractivity contribution in [2.45, 2.75) is 111 Å². The first-order chi connectivity index (χ1) is 31.1. The fourth-order valence-corrected chi connectivity index (χ4v) is 11.2. The number of nitrogens with one attached hydrogen (secondary N) is 2. The Morgan fingerprint density at radius 1 is 1.12 bits per heavy atom. The van der Waals surface area contributed by atoms with Crippen molar-refractivity contribution in [3.05, 3.63) is 70.8 Å². The number of carbonyl (C=O) groups is 5. The quantitative estimate of drug-likeness (QED) is 0.153. The summed E-state index contributed by atoms with van der Waals surface area (Å²) in [4.78, 5) is 83.0. The van der Waals surface area contributed by atoms with E-state index in [0.29, 0.717) is 63.3 Å². The molecule has 0 unspecified atom stereocenters. The topological polar surface area (TPSA) is 168 Å². The number of carbonyl (C=O) groups excluding carboxylic acids is 5. The number of pyridine rings is 1. The van der Waals surface area contributed by atoms with Crippen LogP contribution in [0.5, 0.6) is 0 Å². The number of hydrogen-bond donors (Lipinski definition) is 2. The number of amides is 4. The second-order valence-corrected chi connectivity index (χ2v) is 20.1. The minimum Gasteiger partial charge on any atom is -0.464 e. The number of cyclic esters (lactones) is 1. The fourth-order valence-electron chi connectivity index (χ4n) is 10.3. The molecular formula is C49H62N8O7S. The first kappa shape index (κ1) is 46.1. The predicted octanol–water partition coefficient (Wildman–Crippen LogP) is 5.86. The van der Waals surface area contributed by atoms with Crippen LogP contribution in [0.1, 0.15) is 89.6 Å². The van der Waals surface area contributed by atoms with Crippen molar-refractivity contribution in [1.29, 1.82) is 0 Å². The summed E-state index contributed by atoms with van der Waals surface area (Å²) >= 11 is 1.41. The summed E-state index contributed by atoms with van der Waals surface area (Å²) in [5, 5.41) is 8.17. The van der Waals surface area contributed by atoms with Crippen molar-refractivity contribution < 1.29 is 33.4 Å². The lowest BCUT2D eigenvalue weighted by atomic mass is 9.84. The van der Waals surface area contributed by atoms with Gasteiger partial charge in [-0.05, 0) is 87.8 Å². The largest absolute Gasteiger partial charge is 0.464 e. The fraction of sp³-hybridized carbons (Fsp3) is 0.531. The van der Waals surface area contributed by atoms with Crippen LogP contribution >= 0.6 is 11.3 Å². The van der Waals surface area contributed by atoms with Crippen LogP contribution in [-0.4, -0.2) is 117 Å². The van der Waals surface area contributed by atoms with Gasteiger partial charge in [0.25, 0.3) is 5.91 Å². The highest BCUT2D eigenvalue weighted by atomic mass is 32.1. The van der Waals surface area contributed by atoms with Gasteiger partial charge in [-0.1, -0.05) is 40.3 Å². The van der Waals surface area contributed by atoms with Crippen LogP contribution in [0.4, 0.5) is 0 Å². The van der Waals surface area contributed by atoms with Gasteiger partial charge >= 0.3 is 5.97 Å². The summed E-state index contributed by atoms with van der Waals surface area (Å²) < 4.78 is 14.2. The zero-order valence-corrected chi connectivity index (χ0v) is 39.5. The molecule has 0 saturated carbocycles. The number of aryl methyl sites for hydroxylation is 1. The SMILES string of the molecule is C=CC(=O)N1CC[C@]2(CCN([C@H](C(=O)N[C@H]3Cc4nc(cs4)-c4ccc5c(c4)c(c(-c4cccnc4[C@H](C)OC)n5CC)CC(C)(C)COC(=O)[C@@H]4CCCN(N4)C3=O)C(C)C)C2=O)C1. The van der Waals surface area contributed by atoms with E-state index >= 15 is 0 Å². The van der Waals surface area contributed by atoms with Gasteiger partial charge in [0.1, 0.15) is 18.1 Å². The smallest absolute Gasteiger partial charge is 0.324 e. The molecule has 1 aromatic carbocycles. The molecule has 3 fully saturated rings. The van der Waals surface area contributed by atoms with E-state index in [1.807, 2.05) is 32.2 Å². The number of ether oxygens (including phenoxy) is 2. The minimum atomic E-state index is -1.07. The van der Waals surface area contributed by atoms with Crippen molar-refractivity contribution >= 4 is 51.8 Å².